The van der Waals surface area contributed by atoms with Crippen molar-refractivity contribution >= 4 is 8.56 Å². The molecule has 0 bridgehead atoms. The van der Waals surface area contributed by atoms with Crippen LogP contribution in [0.1, 0.15) is 137 Å². The molecule has 0 aliphatic rings. The smallest absolute Gasteiger partial charge is 0.337 e. The fraction of sp³-hybridized carbons (Fsp3) is 1.00. The van der Waals surface area contributed by atoms with E-state index in [2.05, 4.69) is 27.7 Å². The summed E-state index contributed by atoms with van der Waals surface area (Å²) in [4.78, 5) is 0. The van der Waals surface area contributed by atoms with Crippen LogP contribution < -0.4 is 0 Å². The van der Waals surface area contributed by atoms with Crippen molar-refractivity contribution in [1.82, 2.24) is 0 Å². The number of hydrogen-bond acceptors (Lipinski definition) is 2. The Morgan fingerprint density at radius 3 is 0.964 bits per heavy atom. The van der Waals surface area contributed by atoms with Gasteiger partial charge in [0.15, 0.2) is 0 Å². The highest BCUT2D eigenvalue weighted by Gasteiger charge is 2.33. The normalized spacial score (nSPS) is 12.0. The van der Waals surface area contributed by atoms with Crippen LogP contribution in [0.4, 0.5) is 0 Å². The van der Waals surface area contributed by atoms with Crippen LogP contribution in [0.15, 0.2) is 0 Å². The van der Waals surface area contributed by atoms with Crippen molar-refractivity contribution in [2.24, 2.45) is 0 Å². The second-order valence-electron chi connectivity index (χ2n) is 8.62. The molecule has 0 saturated heterocycles. The minimum atomic E-state index is -1.92. The molecule has 0 N–H and O–H groups in total. The van der Waals surface area contributed by atoms with Gasteiger partial charge in [-0.2, -0.15) is 0 Å². The Balaban J connectivity index is 3.65. The van der Waals surface area contributed by atoms with Crippen LogP contribution in [0.25, 0.3) is 0 Å². The standard InChI is InChI=1S/C25H54O2Si/c1-5-9-11-13-15-17-19-21-23-25-27-28(7-3,8-4)26-24-22-20-18-16-14-12-10-6-2/h5-25H2,1-4H3. The summed E-state index contributed by atoms with van der Waals surface area (Å²) in [5, 5.41) is 0. The van der Waals surface area contributed by atoms with Crippen molar-refractivity contribution in [3.05, 3.63) is 0 Å². The van der Waals surface area contributed by atoms with Gasteiger partial charge in [-0.3, -0.25) is 0 Å². The zero-order chi connectivity index (χ0) is 20.8. The maximum atomic E-state index is 6.38. The highest BCUT2D eigenvalue weighted by molar-refractivity contribution is 6.67. The van der Waals surface area contributed by atoms with Gasteiger partial charge in [0.1, 0.15) is 0 Å². The Labute approximate surface area is 179 Å². The van der Waals surface area contributed by atoms with Gasteiger partial charge in [0.25, 0.3) is 0 Å². The van der Waals surface area contributed by atoms with E-state index in [1.807, 2.05) is 0 Å². The first-order chi connectivity index (χ1) is 13.7. The first kappa shape index (κ1) is 28.1. The number of unbranched alkanes of at least 4 members (excludes halogenated alkanes) is 15. The Morgan fingerprint density at radius 1 is 0.393 bits per heavy atom. The Morgan fingerprint density at radius 2 is 0.679 bits per heavy atom. The molecule has 0 amide bonds. The van der Waals surface area contributed by atoms with Gasteiger partial charge in [0.2, 0.25) is 0 Å². The molecule has 170 valence electrons. The molecular formula is C25H54O2Si. The van der Waals surface area contributed by atoms with Crippen molar-refractivity contribution in [2.45, 2.75) is 149 Å². The van der Waals surface area contributed by atoms with E-state index in [9.17, 15) is 0 Å². The van der Waals surface area contributed by atoms with Gasteiger partial charge in [0.05, 0.1) is 0 Å². The quantitative estimate of drug-likeness (QED) is 0.122. The van der Waals surface area contributed by atoms with E-state index in [-0.39, 0.29) is 0 Å². The Hall–Kier alpha value is 0.137. The molecule has 0 saturated carbocycles. The van der Waals surface area contributed by atoms with Gasteiger partial charge in [-0.15, -0.1) is 0 Å². The predicted molar refractivity (Wildman–Crippen MR) is 128 cm³/mol. The topological polar surface area (TPSA) is 18.5 Å². The van der Waals surface area contributed by atoms with Crippen molar-refractivity contribution in [3.8, 4) is 0 Å². The molecule has 0 rings (SSSR count). The van der Waals surface area contributed by atoms with Gasteiger partial charge in [-0.25, -0.2) is 0 Å². The number of hydrogen-bond donors (Lipinski definition) is 0. The molecule has 3 heteroatoms. The monoisotopic (exact) mass is 414 g/mol. The van der Waals surface area contributed by atoms with Crippen LogP contribution >= 0.6 is 0 Å². The van der Waals surface area contributed by atoms with Crippen LogP contribution in [-0.4, -0.2) is 21.8 Å². The molecule has 0 aromatic carbocycles. The summed E-state index contributed by atoms with van der Waals surface area (Å²) < 4.78 is 12.7. The van der Waals surface area contributed by atoms with Gasteiger partial charge < -0.3 is 8.85 Å². The van der Waals surface area contributed by atoms with Crippen LogP contribution in [0, 0.1) is 0 Å². The van der Waals surface area contributed by atoms with Gasteiger partial charge in [-0.1, -0.05) is 124 Å². The Bertz CT molecular complexity index is 292. The van der Waals surface area contributed by atoms with E-state index >= 15 is 0 Å². The molecule has 0 spiro atoms. The maximum absolute atomic E-state index is 6.38. The average molecular weight is 415 g/mol. The third kappa shape index (κ3) is 17.0. The lowest BCUT2D eigenvalue weighted by Gasteiger charge is -2.29. The fourth-order valence-electron chi connectivity index (χ4n) is 3.86. The SMILES string of the molecule is CCCCCCCCCCCO[Si](CC)(CC)OCCCCCCCCCC. The van der Waals surface area contributed by atoms with Crippen molar-refractivity contribution in [2.75, 3.05) is 13.2 Å². The molecule has 0 aliphatic heterocycles. The largest absolute Gasteiger partial charge is 0.394 e. The molecule has 0 fully saturated rings. The van der Waals surface area contributed by atoms with E-state index in [1.165, 1.54) is 109 Å². The molecule has 0 atom stereocenters. The molecule has 0 heterocycles. The highest BCUT2D eigenvalue weighted by Crippen LogP contribution is 2.20. The van der Waals surface area contributed by atoms with Crippen molar-refractivity contribution in [1.29, 1.82) is 0 Å². The molecule has 2 nitrogen and oxygen atoms in total. The predicted octanol–water partition coefficient (Wildman–Crippen LogP) is 9.17. The molecule has 28 heavy (non-hydrogen) atoms. The third-order valence-electron chi connectivity index (χ3n) is 6.05. The summed E-state index contributed by atoms with van der Waals surface area (Å²) in [5.74, 6) is 0. The molecule has 0 unspecified atom stereocenters. The minimum Gasteiger partial charge on any atom is -0.394 e. The second kappa shape index (κ2) is 21.8. The summed E-state index contributed by atoms with van der Waals surface area (Å²) in [6.07, 6.45) is 23.2. The van der Waals surface area contributed by atoms with Gasteiger partial charge in [-0.05, 0) is 24.9 Å². The van der Waals surface area contributed by atoms with Crippen LogP contribution in [-0.2, 0) is 8.85 Å². The second-order valence-corrected chi connectivity index (χ2v) is 12.4. The average Bonchev–Trinajstić information content (AvgIpc) is 2.72. The van der Waals surface area contributed by atoms with Crippen molar-refractivity contribution < 1.29 is 8.85 Å². The third-order valence-corrected chi connectivity index (χ3v) is 9.67. The lowest BCUT2D eigenvalue weighted by molar-refractivity contribution is 0.163. The lowest BCUT2D eigenvalue weighted by atomic mass is 10.1. The van der Waals surface area contributed by atoms with Crippen molar-refractivity contribution in [3.63, 3.8) is 0 Å². The summed E-state index contributed by atoms with van der Waals surface area (Å²) in [5.41, 5.74) is 0. The van der Waals surface area contributed by atoms with E-state index in [0.29, 0.717) is 0 Å². The Kier molecular flexibility index (Phi) is 21.9. The summed E-state index contributed by atoms with van der Waals surface area (Å²) in [6, 6.07) is 2.19. The van der Waals surface area contributed by atoms with Gasteiger partial charge in [0, 0.05) is 13.2 Å². The zero-order valence-corrected chi connectivity index (χ0v) is 21.2. The van der Waals surface area contributed by atoms with E-state index in [0.717, 1.165) is 25.3 Å². The number of rotatable bonds is 23. The van der Waals surface area contributed by atoms with Crippen LogP contribution in [0.3, 0.4) is 0 Å². The molecule has 0 aromatic rings. The molecule has 0 radical (unpaired) electrons. The van der Waals surface area contributed by atoms with E-state index in [1.54, 1.807) is 0 Å². The minimum absolute atomic E-state index is 0.917. The molecule has 0 aromatic heterocycles. The molecule has 0 aliphatic carbocycles. The van der Waals surface area contributed by atoms with Gasteiger partial charge >= 0.3 is 8.56 Å². The van der Waals surface area contributed by atoms with E-state index < -0.39 is 8.56 Å². The lowest BCUT2D eigenvalue weighted by Crippen LogP contribution is -2.41. The first-order valence-corrected chi connectivity index (χ1v) is 15.3. The summed E-state index contributed by atoms with van der Waals surface area (Å²) >= 11 is 0. The van der Waals surface area contributed by atoms with Crippen LogP contribution in [0.5, 0.6) is 0 Å². The molecular weight excluding hydrogens is 360 g/mol. The zero-order valence-electron chi connectivity index (χ0n) is 20.2. The van der Waals surface area contributed by atoms with Crippen LogP contribution in [0.2, 0.25) is 12.1 Å². The maximum Gasteiger partial charge on any atom is 0.337 e. The highest BCUT2D eigenvalue weighted by atomic mass is 28.4. The summed E-state index contributed by atoms with van der Waals surface area (Å²) in [7, 11) is -1.92. The van der Waals surface area contributed by atoms with E-state index in [4.69, 9.17) is 8.85 Å². The summed E-state index contributed by atoms with van der Waals surface area (Å²) in [6.45, 7) is 10.9. The first-order valence-electron chi connectivity index (χ1n) is 13.0. The fourth-order valence-corrected chi connectivity index (χ4v) is 6.30.